The zero-order chi connectivity index (χ0) is 10.7. The van der Waals surface area contributed by atoms with Crippen LogP contribution in [0, 0.1) is 6.92 Å². The lowest BCUT2D eigenvalue weighted by molar-refractivity contribution is 0.476. The van der Waals surface area contributed by atoms with Crippen LogP contribution in [0.2, 0.25) is 0 Å². The first-order valence-corrected chi connectivity index (χ1v) is 4.98. The molecule has 80 valence electrons. The Morgan fingerprint density at radius 2 is 2.27 bits per heavy atom. The van der Waals surface area contributed by atoms with Crippen molar-refractivity contribution >= 4 is 0 Å². The molecule has 0 aliphatic carbocycles. The molecule has 0 aromatic carbocycles. The molecule has 0 saturated heterocycles. The Bertz CT molecular complexity index is 390. The van der Waals surface area contributed by atoms with E-state index in [9.17, 15) is 0 Å². The van der Waals surface area contributed by atoms with E-state index in [4.69, 9.17) is 4.42 Å². The molecule has 0 amide bonds. The number of aryl methyl sites for hydroxylation is 2. The third-order valence-corrected chi connectivity index (χ3v) is 2.48. The van der Waals surface area contributed by atoms with Crippen LogP contribution in [0.25, 0.3) is 0 Å². The van der Waals surface area contributed by atoms with Gasteiger partial charge < -0.3 is 9.73 Å². The maximum Gasteiger partial charge on any atom is 0.120 e. The van der Waals surface area contributed by atoms with Crippen molar-refractivity contribution in [1.82, 2.24) is 15.1 Å². The number of hydrogen-bond acceptors (Lipinski definition) is 3. The standard InChI is InChI=1S/C11H15N3O/c1-9-4-6-15-11(9)8-12-7-10-3-5-13-14(10)2/h3-6,12H,7-8H2,1-2H3. The van der Waals surface area contributed by atoms with Crippen molar-refractivity contribution in [3.63, 3.8) is 0 Å². The van der Waals surface area contributed by atoms with E-state index >= 15 is 0 Å². The molecule has 0 radical (unpaired) electrons. The average molecular weight is 205 g/mol. The van der Waals surface area contributed by atoms with Crippen LogP contribution in [0.1, 0.15) is 17.0 Å². The monoisotopic (exact) mass is 205 g/mol. The fraction of sp³-hybridized carbons (Fsp3) is 0.364. The first kappa shape index (κ1) is 9.98. The maximum atomic E-state index is 5.33. The van der Waals surface area contributed by atoms with E-state index in [1.165, 1.54) is 11.3 Å². The first-order chi connectivity index (χ1) is 7.27. The summed E-state index contributed by atoms with van der Waals surface area (Å²) in [6.07, 6.45) is 3.52. The Morgan fingerprint density at radius 3 is 2.87 bits per heavy atom. The van der Waals surface area contributed by atoms with Gasteiger partial charge in [-0.05, 0) is 24.6 Å². The van der Waals surface area contributed by atoms with E-state index in [2.05, 4.69) is 10.4 Å². The molecule has 2 rings (SSSR count). The zero-order valence-electron chi connectivity index (χ0n) is 9.03. The van der Waals surface area contributed by atoms with Crippen LogP contribution in [0.4, 0.5) is 0 Å². The van der Waals surface area contributed by atoms with Gasteiger partial charge in [-0.3, -0.25) is 4.68 Å². The first-order valence-electron chi connectivity index (χ1n) is 4.98. The average Bonchev–Trinajstić information content (AvgIpc) is 2.78. The van der Waals surface area contributed by atoms with E-state index in [1.807, 2.05) is 30.8 Å². The summed E-state index contributed by atoms with van der Waals surface area (Å²) in [5.74, 6) is 0.997. The van der Waals surface area contributed by atoms with Gasteiger partial charge in [0.2, 0.25) is 0 Å². The number of furan rings is 1. The van der Waals surface area contributed by atoms with Crippen molar-refractivity contribution in [1.29, 1.82) is 0 Å². The molecular formula is C11H15N3O. The number of hydrogen-bond donors (Lipinski definition) is 1. The second-order valence-electron chi connectivity index (χ2n) is 3.58. The molecule has 1 N–H and O–H groups in total. The normalized spacial score (nSPS) is 10.8. The quantitative estimate of drug-likeness (QED) is 0.824. The van der Waals surface area contributed by atoms with Crippen molar-refractivity contribution in [3.05, 3.63) is 41.6 Å². The molecular weight excluding hydrogens is 190 g/mol. The van der Waals surface area contributed by atoms with Crippen LogP contribution in [0.5, 0.6) is 0 Å². The van der Waals surface area contributed by atoms with E-state index < -0.39 is 0 Å². The highest BCUT2D eigenvalue weighted by molar-refractivity contribution is 5.14. The van der Waals surface area contributed by atoms with Gasteiger partial charge in [0, 0.05) is 19.8 Å². The predicted octanol–water partition coefficient (Wildman–Crippen LogP) is 1.61. The van der Waals surface area contributed by atoms with Crippen LogP contribution < -0.4 is 5.32 Å². The van der Waals surface area contributed by atoms with Crippen molar-refractivity contribution in [2.24, 2.45) is 7.05 Å². The molecule has 0 saturated carbocycles. The molecule has 0 aliphatic heterocycles. The topological polar surface area (TPSA) is 43.0 Å². The Balaban J connectivity index is 1.86. The fourth-order valence-corrected chi connectivity index (χ4v) is 1.46. The van der Waals surface area contributed by atoms with Crippen molar-refractivity contribution in [2.45, 2.75) is 20.0 Å². The number of nitrogens with one attached hydrogen (secondary N) is 1. The maximum absolute atomic E-state index is 5.33. The highest BCUT2D eigenvalue weighted by atomic mass is 16.3. The van der Waals surface area contributed by atoms with Gasteiger partial charge in [-0.2, -0.15) is 5.10 Å². The highest BCUT2D eigenvalue weighted by Gasteiger charge is 2.02. The minimum Gasteiger partial charge on any atom is -0.468 e. The largest absolute Gasteiger partial charge is 0.468 e. The summed E-state index contributed by atoms with van der Waals surface area (Å²) < 4.78 is 7.19. The summed E-state index contributed by atoms with van der Waals surface area (Å²) in [6.45, 7) is 3.60. The van der Waals surface area contributed by atoms with Gasteiger partial charge in [0.25, 0.3) is 0 Å². The molecule has 2 aromatic rings. The molecule has 4 nitrogen and oxygen atoms in total. The second-order valence-corrected chi connectivity index (χ2v) is 3.58. The number of rotatable bonds is 4. The zero-order valence-corrected chi connectivity index (χ0v) is 9.03. The number of aromatic nitrogens is 2. The lowest BCUT2D eigenvalue weighted by Gasteiger charge is -2.03. The third-order valence-electron chi connectivity index (χ3n) is 2.48. The summed E-state index contributed by atoms with van der Waals surface area (Å²) in [5.41, 5.74) is 2.35. The smallest absolute Gasteiger partial charge is 0.120 e. The Morgan fingerprint density at radius 1 is 1.40 bits per heavy atom. The van der Waals surface area contributed by atoms with Gasteiger partial charge in [-0.15, -0.1) is 0 Å². The SMILES string of the molecule is Cc1ccoc1CNCc1ccnn1C. The molecule has 15 heavy (non-hydrogen) atoms. The fourth-order valence-electron chi connectivity index (χ4n) is 1.46. The highest BCUT2D eigenvalue weighted by Crippen LogP contribution is 2.08. The van der Waals surface area contributed by atoms with Gasteiger partial charge in [0.15, 0.2) is 0 Å². The van der Waals surface area contributed by atoms with Crippen LogP contribution in [0.15, 0.2) is 29.0 Å². The lowest BCUT2D eigenvalue weighted by atomic mass is 10.3. The summed E-state index contributed by atoms with van der Waals surface area (Å²) >= 11 is 0. The molecule has 2 heterocycles. The molecule has 0 aliphatic rings. The molecule has 0 fully saturated rings. The Labute approximate surface area is 88.9 Å². The van der Waals surface area contributed by atoms with E-state index in [1.54, 1.807) is 12.5 Å². The summed E-state index contributed by atoms with van der Waals surface area (Å²) in [5, 5.41) is 7.42. The van der Waals surface area contributed by atoms with Crippen molar-refractivity contribution < 1.29 is 4.42 Å². The Hall–Kier alpha value is -1.55. The molecule has 0 atom stereocenters. The van der Waals surface area contributed by atoms with Crippen LogP contribution in [0.3, 0.4) is 0 Å². The van der Waals surface area contributed by atoms with Crippen molar-refractivity contribution in [2.75, 3.05) is 0 Å². The van der Waals surface area contributed by atoms with Gasteiger partial charge in [-0.25, -0.2) is 0 Å². The second kappa shape index (κ2) is 4.31. The molecule has 0 bridgehead atoms. The molecule has 0 spiro atoms. The third kappa shape index (κ3) is 2.27. The van der Waals surface area contributed by atoms with Crippen LogP contribution in [-0.4, -0.2) is 9.78 Å². The Kier molecular flexibility index (Phi) is 2.87. The minimum atomic E-state index is 0.754. The summed E-state index contributed by atoms with van der Waals surface area (Å²) in [6, 6.07) is 3.98. The van der Waals surface area contributed by atoms with E-state index in [-0.39, 0.29) is 0 Å². The van der Waals surface area contributed by atoms with Gasteiger partial charge >= 0.3 is 0 Å². The molecule has 4 heteroatoms. The van der Waals surface area contributed by atoms with E-state index in [0.29, 0.717) is 0 Å². The van der Waals surface area contributed by atoms with Crippen LogP contribution >= 0.6 is 0 Å². The minimum absolute atomic E-state index is 0.754. The molecule has 2 aromatic heterocycles. The summed E-state index contributed by atoms with van der Waals surface area (Å²) in [4.78, 5) is 0. The van der Waals surface area contributed by atoms with Gasteiger partial charge in [0.05, 0.1) is 18.5 Å². The van der Waals surface area contributed by atoms with E-state index in [0.717, 1.165) is 18.8 Å². The lowest BCUT2D eigenvalue weighted by Crippen LogP contribution is -2.15. The number of nitrogens with zero attached hydrogens (tertiary/aromatic N) is 2. The van der Waals surface area contributed by atoms with Gasteiger partial charge in [-0.1, -0.05) is 0 Å². The van der Waals surface area contributed by atoms with Gasteiger partial charge in [0.1, 0.15) is 5.76 Å². The summed E-state index contributed by atoms with van der Waals surface area (Å²) in [7, 11) is 1.94. The van der Waals surface area contributed by atoms with Crippen LogP contribution in [-0.2, 0) is 20.1 Å². The van der Waals surface area contributed by atoms with Crippen molar-refractivity contribution in [3.8, 4) is 0 Å². The predicted molar refractivity (Wildman–Crippen MR) is 57.2 cm³/mol. The molecule has 0 unspecified atom stereocenters.